The monoisotopic (exact) mass is 210 g/mol. The molecule has 0 saturated carbocycles. The molecule has 0 aliphatic heterocycles. The first-order valence-corrected chi connectivity index (χ1v) is 6.54. The number of hydrogen-bond donors (Lipinski definition) is 1. The van der Waals surface area contributed by atoms with Gasteiger partial charge in [0.05, 0.1) is 5.75 Å². The Labute approximate surface area is 82.3 Å². The fraction of sp³-hybridized carbons (Fsp3) is 1.00. The van der Waals surface area contributed by atoms with Crippen LogP contribution < -0.4 is 0 Å². The van der Waals surface area contributed by atoms with Gasteiger partial charge >= 0.3 is 0 Å². The van der Waals surface area contributed by atoms with Gasteiger partial charge in [0.2, 0.25) is 0 Å². The molecule has 0 aromatic heterocycles. The maximum Gasteiger partial charge on any atom is 0.264 e. The molecule has 3 nitrogen and oxygen atoms in total. The van der Waals surface area contributed by atoms with Crippen LogP contribution in [0, 0.1) is 0 Å². The summed E-state index contributed by atoms with van der Waals surface area (Å²) in [4.78, 5) is 0. The Morgan fingerprint density at radius 2 is 1.38 bits per heavy atom. The van der Waals surface area contributed by atoms with Crippen molar-refractivity contribution in [3.05, 3.63) is 0 Å². The standard InChI is InChI=1S/C5H12O3S.C4H10/c1-2-3-4-5-9(6,7)8;1-3-4-2/h2-5H2,1H3,(H,6,7,8);3-4H2,1-2H3. The molecule has 82 valence electrons. The molecule has 13 heavy (non-hydrogen) atoms. The summed E-state index contributed by atoms with van der Waals surface area (Å²) in [5.41, 5.74) is 0. The first-order valence-electron chi connectivity index (χ1n) is 4.93. The molecule has 0 amide bonds. The van der Waals surface area contributed by atoms with E-state index in [1.165, 1.54) is 12.8 Å². The fourth-order valence-electron chi connectivity index (χ4n) is 0.534. The maximum absolute atomic E-state index is 10.1. The highest BCUT2D eigenvalue weighted by atomic mass is 32.2. The highest BCUT2D eigenvalue weighted by molar-refractivity contribution is 7.85. The zero-order valence-electron chi connectivity index (χ0n) is 8.91. The van der Waals surface area contributed by atoms with Gasteiger partial charge in [0.25, 0.3) is 10.1 Å². The minimum atomic E-state index is -3.70. The van der Waals surface area contributed by atoms with Crippen molar-refractivity contribution in [3.63, 3.8) is 0 Å². The summed E-state index contributed by atoms with van der Waals surface area (Å²) in [5.74, 6) is -0.0964. The zero-order chi connectivity index (χ0) is 10.7. The van der Waals surface area contributed by atoms with Crippen molar-refractivity contribution < 1.29 is 13.0 Å². The summed E-state index contributed by atoms with van der Waals surface area (Å²) >= 11 is 0. The molecule has 0 spiro atoms. The Morgan fingerprint density at radius 1 is 0.923 bits per heavy atom. The van der Waals surface area contributed by atoms with E-state index in [9.17, 15) is 8.42 Å². The van der Waals surface area contributed by atoms with Crippen molar-refractivity contribution in [1.29, 1.82) is 0 Å². The Kier molecular flexibility index (Phi) is 11.8. The van der Waals surface area contributed by atoms with Gasteiger partial charge in [-0.1, -0.05) is 46.5 Å². The summed E-state index contributed by atoms with van der Waals surface area (Å²) in [5, 5.41) is 0. The average molecular weight is 210 g/mol. The molecule has 0 aliphatic carbocycles. The van der Waals surface area contributed by atoms with Gasteiger partial charge in [-0.3, -0.25) is 4.55 Å². The van der Waals surface area contributed by atoms with Crippen molar-refractivity contribution in [2.24, 2.45) is 0 Å². The highest BCUT2D eigenvalue weighted by Gasteiger charge is 2.01. The van der Waals surface area contributed by atoms with Crippen LogP contribution in [-0.2, 0) is 10.1 Å². The van der Waals surface area contributed by atoms with Crippen LogP contribution in [0.1, 0.15) is 52.9 Å². The summed E-state index contributed by atoms with van der Waals surface area (Å²) in [7, 11) is -3.70. The van der Waals surface area contributed by atoms with E-state index in [0.717, 1.165) is 12.8 Å². The quantitative estimate of drug-likeness (QED) is 0.560. The first-order chi connectivity index (χ1) is 5.97. The smallest absolute Gasteiger partial charge is 0.264 e. The Hall–Kier alpha value is -0.0900. The van der Waals surface area contributed by atoms with E-state index in [4.69, 9.17) is 4.55 Å². The third kappa shape index (κ3) is 24.5. The van der Waals surface area contributed by atoms with Crippen LogP contribution >= 0.6 is 0 Å². The van der Waals surface area contributed by atoms with Crippen molar-refractivity contribution in [2.45, 2.75) is 52.9 Å². The molecule has 0 atom stereocenters. The molecule has 0 aromatic rings. The van der Waals surface area contributed by atoms with E-state index < -0.39 is 10.1 Å². The van der Waals surface area contributed by atoms with E-state index in [0.29, 0.717) is 6.42 Å². The fourth-order valence-corrected chi connectivity index (χ4v) is 1.10. The predicted molar refractivity (Wildman–Crippen MR) is 56.5 cm³/mol. The van der Waals surface area contributed by atoms with Crippen LogP contribution in [0.5, 0.6) is 0 Å². The lowest BCUT2D eigenvalue weighted by Crippen LogP contribution is -2.02. The molecule has 0 unspecified atom stereocenters. The largest absolute Gasteiger partial charge is 0.286 e. The summed E-state index contributed by atoms with van der Waals surface area (Å²) in [6.45, 7) is 6.34. The molecule has 0 aliphatic rings. The van der Waals surface area contributed by atoms with Crippen LogP contribution in [0.25, 0.3) is 0 Å². The molecule has 0 heterocycles. The first kappa shape index (κ1) is 15.4. The number of hydrogen-bond acceptors (Lipinski definition) is 2. The normalized spacial score (nSPS) is 10.5. The van der Waals surface area contributed by atoms with Gasteiger partial charge in [-0.15, -0.1) is 0 Å². The second kappa shape index (κ2) is 9.99. The van der Waals surface area contributed by atoms with Crippen LogP contribution in [0.2, 0.25) is 0 Å². The SMILES string of the molecule is CCCC.CCCCCS(=O)(=O)O. The van der Waals surface area contributed by atoms with E-state index >= 15 is 0 Å². The predicted octanol–water partition coefficient (Wildman–Crippen LogP) is 2.87. The van der Waals surface area contributed by atoms with Crippen LogP contribution in [-0.4, -0.2) is 18.7 Å². The maximum atomic E-state index is 10.1. The molecule has 0 saturated heterocycles. The topological polar surface area (TPSA) is 54.4 Å². The third-order valence-corrected chi connectivity index (χ3v) is 2.31. The minimum absolute atomic E-state index is 0.0964. The molecule has 0 fully saturated rings. The lowest BCUT2D eigenvalue weighted by molar-refractivity contribution is 0.480. The second-order valence-corrected chi connectivity index (χ2v) is 4.57. The summed E-state index contributed by atoms with van der Waals surface area (Å²) in [6, 6.07) is 0. The van der Waals surface area contributed by atoms with Gasteiger partial charge < -0.3 is 0 Å². The lowest BCUT2D eigenvalue weighted by atomic mass is 10.3. The molecule has 0 aromatic carbocycles. The lowest BCUT2D eigenvalue weighted by Gasteiger charge is -1.92. The van der Waals surface area contributed by atoms with Gasteiger partial charge in [0.15, 0.2) is 0 Å². The van der Waals surface area contributed by atoms with Gasteiger partial charge in [-0.2, -0.15) is 8.42 Å². The van der Waals surface area contributed by atoms with E-state index in [-0.39, 0.29) is 5.75 Å². The van der Waals surface area contributed by atoms with E-state index in [1.807, 2.05) is 6.92 Å². The summed E-state index contributed by atoms with van der Waals surface area (Å²) in [6.07, 6.45) is 5.03. The van der Waals surface area contributed by atoms with Crippen molar-refractivity contribution in [2.75, 3.05) is 5.75 Å². The average Bonchev–Trinajstić information content (AvgIpc) is 2.03. The number of rotatable bonds is 5. The van der Waals surface area contributed by atoms with Crippen molar-refractivity contribution in [1.82, 2.24) is 0 Å². The Balaban J connectivity index is 0. The van der Waals surface area contributed by atoms with Gasteiger partial charge in [0.1, 0.15) is 0 Å². The molecule has 1 N–H and O–H groups in total. The van der Waals surface area contributed by atoms with Crippen LogP contribution in [0.3, 0.4) is 0 Å². The van der Waals surface area contributed by atoms with Crippen molar-refractivity contribution in [3.8, 4) is 0 Å². The summed E-state index contributed by atoms with van der Waals surface area (Å²) < 4.78 is 28.3. The highest BCUT2D eigenvalue weighted by Crippen LogP contribution is 1.96. The van der Waals surface area contributed by atoms with Gasteiger partial charge in [0, 0.05) is 0 Å². The van der Waals surface area contributed by atoms with E-state index in [2.05, 4.69) is 13.8 Å². The van der Waals surface area contributed by atoms with E-state index in [1.54, 1.807) is 0 Å². The number of unbranched alkanes of at least 4 members (excludes halogenated alkanes) is 3. The van der Waals surface area contributed by atoms with Crippen LogP contribution in [0.4, 0.5) is 0 Å². The Bertz CT molecular complexity index is 171. The third-order valence-electron chi connectivity index (χ3n) is 1.51. The molecule has 0 bridgehead atoms. The molecule has 0 rings (SSSR count). The second-order valence-electron chi connectivity index (χ2n) is 2.99. The molecule has 0 radical (unpaired) electrons. The Morgan fingerprint density at radius 3 is 1.62 bits per heavy atom. The molecular weight excluding hydrogens is 188 g/mol. The zero-order valence-corrected chi connectivity index (χ0v) is 9.73. The van der Waals surface area contributed by atoms with Gasteiger partial charge in [-0.05, 0) is 6.42 Å². The van der Waals surface area contributed by atoms with Crippen molar-refractivity contribution >= 4 is 10.1 Å². The van der Waals surface area contributed by atoms with Gasteiger partial charge in [-0.25, -0.2) is 0 Å². The molecular formula is C9H22O3S. The molecule has 4 heteroatoms. The van der Waals surface area contributed by atoms with Crippen LogP contribution in [0.15, 0.2) is 0 Å². The minimum Gasteiger partial charge on any atom is -0.286 e.